The monoisotopic (exact) mass is 1030 g/mol. The van der Waals surface area contributed by atoms with E-state index in [4.69, 9.17) is 29.4 Å². The molecule has 0 unspecified atom stereocenters. The Hall–Kier alpha value is -4.75. The van der Waals surface area contributed by atoms with Crippen molar-refractivity contribution in [2.24, 2.45) is 11.7 Å². The molecule has 0 saturated carbocycles. The molecule has 8 N–H and O–H groups in total. The van der Waals surface area contributed by atoms with Crippen molar-refractivity contribution in [1.29, 1.82) is 0 Å². The second-order valence-corrected chi connectivity index (χ2v) is 15.5. The molecule has 24 heteroatoms. The van der Waals surface area contributed by atoms with Gasteiger partial charge in [0, 0.05) is 42.3 Å². The van der Waals surface area contributed by atoms with E-state index >= 15 is 0 Å². The molecule has 0 aliphatic carbocycles. The van der Waals surface area contributed by atoms with Gasteiger partial charge in [-0.15, -0.1) is 5.10 Å². The molecule has 2 atom stereocenters. The number of rotatable bonds is 34. The summed E-state index contributed by atoms with van der Waals surface area (Å²) in [7, 11) is 0. The highest BCUT2D eigenvalue weighted by atomic mass is 79.9. The Morgan fingerprint density at radius 2 is 1.39 bits per heavy atom. The molecule has 0 fully saturated rings. The number of carbonyl (C=O) groups excluding carboxylic acids is 7. The van der Waals surface area contributed by atoms with E-state index < -0.39 is 41.9 Å². The predicted octanol–water partition coefficient (Wildman–Crippen LogP) is 1.56. The maximum atomic E-state index is 13.4. The van der Waals surface area contributed by atoms with Gasteiger partial charge >= 0.3 is 12.1 Å². The molecule has 0 aliphatic heterocycles. The molecule has 0 aliphatic rings. The molecule has 1 heterocycles. The molecular weight excluding hydrogens is 972 g/mol. The Bertz CT molecular complexity index is 1750. The van der Waals surface area contributed by atoms with Crippen LogP contribution in [-0.4, -0.2) is 141 Å². The highest BCUT2D eigenvalue weighted by Crippen LogP contribution is 2.14. The van der Waals surface area contributed by atoms with Gasteiger partial charge in [0.1, 0.15) is 24.5 Å². The van der Waals surface area contributed by atoms with Crippen LogP contribution < -0.4 is 37.6 Å². The molecule has 7 amide bonds. The van der Waals surface area contributed by atoms with Crippen LogP contribution in [0.5, 0.6) is 0 Å². The fourth-order valence-corrected chi connectivity index (χ4v) is 6.46. The summed E-state index contributed by atoms with van der Waals surface area (Å²) in [6.07, 6.45) is -0.147. The van der Waals surface area contributed by atoms with Gasteiger partial charge in [0.15, 0.2) is 0 Å². The minimum Gasteiger partial charge on any atom is -0.445 e. The summed E-state index contributed by atoms with van der Waals surface area (Å²) in [6.45, 7) is 7.89. The lowest BCUT2D eigenvalue weighted by molar-refractivity contribution is -0.132. The first kappa shape index (κ1) is 55.4. The van der Waals surface area contributed by atoms with Crippen LogP contribution in [0.2, 0.25) is 0 Å². The number of alkyl halides is 2. The summed E-state index contributed by atoms with van der Waals surface area (Å²) in [6, 6.07) is 3.70. The number of hydrogen-bond donors (Lipinski definition) is 7. The van der Waals surface area contributed by atoms with E-state index in [9.17, 15) is 33.6 Å². The third-order valence-electron chi connectivity index (χ3n) is 8.82. The number of carbonyl (C=O) groups is 7. The summed E-state index contributed by atoms with van der Waals surface area (Å²) >= 11 is 6.84. The van der Waals surface area contributed by atoms with Crippen LogP contribution in [-0.2, 0) is 71.5 Å². The minimum absolute atomic E-state index is 0.0345. The molecule has 2 aromatic rings. The third kappa shape index (κ3) is 24.4. The topological polar surface area (TPSA) is 295 Å². The van der Waals surface area contributed by atoms with Crippen molar-refractivity contribution in [3.63, 3.8) is 0 Å². The summed E-state index contributed by atoms with van der Waals surface area (Å²) in [5.41, 5.74) is 8.05. The largest absolute Gasteiger partial charge is 0.445 e. The molecule has 1 aromatic carbocycles. The zero-order valence-electron chi connectivity index (χ0n) is 36.6. The van der Waals surface area contributed by atoms with Crippen molar-refractivity contribution < 1.29 is 57.2 Å². The molecule has 2 rings (SSSR count). The predicted molar refractivity (Wildman–Crippen MR) is 240 cm³/mol. The minimum atomic E-state index is -1.04. The van der Waals surface area contributed by atoms with Crippen LogP contribution in [0.1, 0.15) is 63.4 Å². The Morgan fingerprint density at radius 1 is 0.750 bits per heavy atom. The number of aromatic nitrogens is 3. The van der Waals surface area contributed by atoms with E-state index in [1.807, 2.05) is 0 Å². The van der Waals surface area contributed by atoms with E-state index in [1.165, 1.54) is 6.92 Å². The second-order valence-electron chi connectivity index (χ2n) is 14.4. The lowest BCUT2D eigenvalue weighted by atomic mass is 10.0. The number of halogens is 2. The van der Waals surface area contributed by atoms with Gasteiger partial charge in [0.2, 0.25) is 23.6 Å². The first-order valence-electron chi connectivity index (χ1n) is 20.8. The van der Waals surface area contributed by atoms with Gasteiger partial charge in [-0.05, 0) is 43.4 Å². The van der Waals surface area contributed by atoms with E-state index in [1.54, 1.807) is 42.8 Å². The Labute approximate surface area is 389 Å². The van der Waals surface area contributed by atoms with Crippen molar-refractivity contribution in [2.45, 2.75) is 82.3 Å². The molecular formula is C40H62Br2N10O12. The zero-order chi connectivity index (χ0) is 47.1. The van der Waals surface area contributed by atoms with Crippen LogP contribution in [0.25, 0.3) is 0 Å². The number of alkyl carbamates (subject to hydrolysis) is 1. The highest BCUT2D eigenvalue weighted by Gasteiger charge is 2.29. The average Bonchev–Trinajstić information content (AvgIpc) is 3.67. The van der Waals surface area contributed by atoms with Crippen molar-refractivity contribution in [1.82, 2.24) is 41.6 Å². The number of urea groups is 1. The third-order valence-corrected chi connectivity index (χ3v) is 9.88. The Balaban J connectivity index is 1.65. The Kier molecular flexibility index (Phi) is 28.4. The van der Waals surface area contributed by atoms with Gasteiger partial charge < -0.3 is 61.3 Å². The molecule has 1 aromatic heterocycles. The smallest absolute Gasteiger partial charge is 0.407 e. The average molecular weight is 1030 g/mol. The van der Waals surface area contributed by atoms with E-state index in [0.717, 1.165) is 11.4 Å². The number of nitrogens with two attached hydrogens (primary N) is 1. The summed E-state index contributed by atoms with van der Waals surface area (Å²) in [5, 5.41) is 25.2. The van der Waals surface area contributed by atoms with Crippen molar-refractivity contribution in [2.75, 3.05) is 77.8 Å². The van der Waals surface area contributed by atoms with Gasteiger partial charge in [-0.2, -0.15) is 0 Å². The van der Waals surface area contributed by atoms with Gasteiger partial charge in [-0.25, -0.2) is 14.3 Å². The number of benzene rings is 1. The standard InChI is InChI=1S/C40H62Br2N10O12/c1-27(2)36(38(57)48-31(5-4-12-45-39(43)58)37(56)47-30-8-6-29(7-9-30)26-64-40(59)46-25-28(3)53)49-35(55)11-16-61-19-21-62-17-13-44-34(54)10-15-60-20-22-63-18-14-52-33(24-42)32(23-41)50-51-52/h6-9,27,31,36H,4-5,10-26H2,1-3H3,(H,44,54)(H,46,59)(H,47,56)(H,48,57)(H,49,55)(H3,43,45,58)/t31-,36-/m0/s1. The molecule has 0 spiro atoms. The maximum absolute atomic E-state index is 13.4. The van der Waals surface area contributed by atoms with Crippen molar-refractivity contribution in [3.05, 3.63) is 41.2 Å². The quantitative estimate of drug-likeness (QED) is 0.0387. The second kappa shape index (κ2) is 32.8. The highest BCUT2D eigenvalue weighted by molar-refractivity contribution is 9.09. The summed E-state index contributed by atoms with van der Waals surface area (Å²) in [4.78, 5) is 85.6. The number of nitrogens with zero attached hydrogens (tertiary/aromatic N) is 3. The van der Waals surface area contributed by atoms with Crippen molar-refractivity contribution >= 4 is 79.1 Å². The summed E-state index contributed by atoms with van der Waals surface area (Å²) in [5.74, 6) is -2.28. The SMILES string of the molecule is CC(=O)CNC(=O)OCc1ccc(NC(=O)[C@H](CCCNC(N)=O)NC(=O)[C@@H](NC(=O)CCOCCOCCNC(=O)CCOCCOCCn2nnc(CBr)c2CBr)C(C)C)cc1. The van der Waals surface area contributed by atoms with Crippen molar-refractivity contribution in [3.8, 4) is 0 Å². The van der Waals surface area contributed by atoms with E-state index in [2.05, 4.69) is 74.1 Å². The number of amides is 7. The number of anilines is 1. The molecule has 358 valence electrons. The van der Waals surface area contributed by atoms with Gasteiger partial charge in [-0.3, -0.25) is 24.0 Å². The summed E-state index contributed by atoms with van der Waals surface area (Å²) < 4.78 is 28.9. The zero-order valence-corrected chi connectivity index (χ0v) is 39.7. The molecule has 0 bridgehead atoms. The van der Waals surface area contributed by atoms with Crippen LogP contribution in [0.3, 0.4) is 0 Å². The van der Waals surface area contributed by atoms with Gasteiger partial charge in [-0.1, -0.05) is 63.1 Å². The maximum Gasteiger partial charge on any atom is 0.407 e. The van der Waals surface area contributed by atoms with Gasteiger partial charge in [0.05, 0.1) is 77.3 Å². The molecule has 0 radical (unpaired) electrons. The lowest BCUT2D eigenvalue weighted by Crippen LogP contribution is -2.54. The van der Waals surface area contributed by atoms with Crippen LogP contribution in [0.15, 0.2) is 24.3 Å². The number of ketones is 1. The first-order chi connectivity index (χ1) is 30.7. The van der Waals surface area contributed by atoms with E-state index in [0.29, 0.717) is 61.2 Å². The molecule has 22 nitrogen and oxygen atoms in total. The van der Waals surface area contributed by atoms with E-state index in [-0.39, 0.29) is 89.6 Å². The van der Waals surface area contributed by atoms with Crippen LogP contribution >= 0.6 is 31.9 Å². The normalized spacial score (nSPS) is 11.9. The number of Topliss-reactive ketones (excluding diaryl/α,β-unsaturated/α-hetero) is 1. The van der Waals surface area contributed by atoms with Gasteiger partial charge in [0.25, 0.3) is 0 Å². The number of ether oxygens (including phenoxy) is 5. The lowest BCUT2D eigenvalue weighted by Gasteiger charge is -2.25. The number of hydrogen-bond acceptors (Lipinski definition) is 14. The first-order valence-corrected chi connectivity index (χ1v) is 23.0. The molecule has 64 heavy (non-hydrogen) atoms. The molecule has 0 saturated heterocycles. The fourth-order valence-electron chi connectivity index (χ4n) is 5.41. The number of nitrogens with one attached hydrogen (secondary N) is 6. The number of primary amides is 1. The fraction of sp³-hybridized carbons (Fsp3) is 0.625. The van der Waals surface area contributed by atoms with Crippen LogP contribution in [0.4, 0.5) is 15.3 Å². The van der Waals surface area contributed by atoms with Crippen LogP contribution in [0, 0.1) is 5.92 Å². The Morgan fingerprint density at radius 3 is 2.00 bits per heavy atom.